The van der Waals surface area contributed by atoms with Crippen LogP contribution in [0.4, 0.5) is 5.69 Å². The number of hydrogen-bond acceptors (Lipinski definition) is 5. The summed E-state index contributed by atoms with van der Waals surface area (Å²) < 4.78 is 6.59. The first-order valence-electron chi connectivity index (χ1n) is 6.87. The van der Waals surface area contributed by atoms with E-state index in [2.05, 4.69) is 15.7 Å². The Hall–Kier alpha value is -3.34. The van der Waals surface area contributed by atoms with Crippen LogP contribution in [0.3, 0.4) is 0 Å². The van der Waals surface area contributed by atoms with E-state index in [0.29, 0.717) is 35.8 Å². The van der Waals surface area contributed by atoms with Crippen molar-refractivity contribution in [3.8, 4) is 11.8 Å². The van der Waals surface area contributed by atoms with E-state index in [1.54, 1.807) is 16.8 Å². The number of methoxy groups -OCH3 is 1. The van der Waals surface area contributed by atoms with Crippen molar-refractivity contribution in [3.05, 3.63) is 41.2 Å². The Morgan fingerprint density at radius 3 is 3.09 bits per heavy atom. The van der Waals surface area contributed by atoms with E-state index < -0.39 is 5.91 Å². The topological polar surface area (TPSA) is 109 Å². The van der Waals surface area contributed by atoms with Crippen LogP contribution in [0.5, 0.6) is 5.75 Å². The van der Waals surface area contributed by atoms with Crippen LogP contribution in [0.15, 0.2) is 24.4 Å². The highest BCUT2D eigenvalue weighted by Gasteiger charge is 2.23. The van der Waals surface area contributed by atoms with E-state index in [9.17, 15) is 9.59 Å². The number of nitrogens with one attached hydrogen (secondary N) is 2. The number of carbonyl (C=O) groups excluding carboxylic acids is 2. The van der Waals surface area contributed by atoms with E-state index in [4.69, 9.17) is 10.00 Å². The maximum atomic E-state index is 12.3. The first-order valence-corrected chi connectivity index (χ1v) is 6.87. The second-order valence-electron chi connectivity index (χ2n) is 4.87. The van der Waals surface area contributed by atoms with Crippen molar-refractivity contribution in [1.82, 2.24) is 15.1 Å². The smallest absolute Gasteiger partial charge is 0.271 e. The first-order chi connectivity index (χ1) is 11.1. The Labute approximate surface area is 131 Å². The molecule has 23 heavy (non-hydrogen) atoms. The van der Waals surface area contributed by atoms with Crippen LogP contribution < -0.4 is 15.4 Å². The maximum absolute atomic E-state index is 12.3. The molecule has 0 spiro atoms. The number of benzene rings is 1. The van der Waals surface area contributed by atoms with E-state index in [1.165, 1.54) is 19.4 Å². The Morgan fingerprint density at radius 2 is 2.35 bits per heavy atom. The predicted octanol–water partition coefficient (Wildman–Crippen LogP) is 0.759. The van der Waals surface area contributed by atoms with Crippen LogP contribution in [0.25, 0.3) is 0 Å². The Balaban J connectivity index is 1.87. The molecule has 1 aliphatic rings. The van der Waals surface area contributed by atoms with Crippen LogP contribution in [-0.4, -0.2) is 35.2 Å². The lowest BCUT2D eigenvalue weighted by atomic mass is 10.1. The average Bonchev–Trinajstić information content (AvgIpc) is 2.98. The zero-order valence-corrected chi connectivity index (χ0v) is 12.3. The number of amides is 2. The molecule has 2 amide bonds. The van der Waals surface area contributed by atoms with Gasteiger partial charge < -0.3 is 15.4 Å². The van der Waals surface area contributed by atoms with Gasteiger partial charge in [0.1, 0.15) is 17.5 Å². The highest BCUT2D eigenvalue weighted by Crippen LogP contribution is 2.21. The quantitative estimate of drug-likeness (QED) is 0.869. The lowest BCUT2D eigenvalue weighted by Gasteiger charge is -2.15. The van der Waals surface area contributed by atoms with Crippen molar-refractivity contribution in [3.63, 3.8) is 0 Å². The summed E-state index contributed by atoms with van der Waals surface area (Å²) in [6.45, 7) is 1.06. The van der Waals surface area contributed by atoms with E-state index in [-0.39, 0.29) is 11.5 Å². The minimum atomic E-state index is -0.432. The number of rotatable bonds is 3. The zero-order chi connectivity index (χ0) is 16.4. The van der Waals surface area contributed by atoms with Crippen molar-refractivity contribution in [2.24, 2.45) is 0 Å². The fourth-order valence-electron chi connectivity index (χ4n) is 2.38. The molecule has 2 N–H and O–H groups in total. The lowest BCUT2D eigenvalue weighted by molar-refractivity contribution is 0.0925. The number of hydrogen-bond donors (Lipinski definition) is 2. The predicted molar refractivity (Wildman–Crippen MR) is 80.2 cm³/mol. The average molecular weight is 311 g/mol. The van der Waals surface area contributed by atoms with Gasteiger partial charge in [0, 0.05) is 12.1 Å². The fourth-order valence-corrected chi connectivity index (χ4v) is 2.38. The summed E-state index contributed by atoms with van der Waals surface area (Å²) in [5.41, 5.74) is 1.20. The van der Waals surface area contributed by atoms with E-state index >= 15 is 0 Å². The fraction of sp³-hybridized carbons (Fsp3) is 0.200. The van der Waals surface area contributed by atoms with Crippen molar-refractivity contribution in [2.75, 3.05) is 19.0 Å². The van der Waals surface area contributed by atoms with Crippen LogP contribution in [0, 0.1) is 11.3 Å². The minimum absolute atomic E-state index is 0.259. The number of nitriles is 1. The van der Waals surface area contributed by atoms with Gasteiger partial charge in [0.2, 0.25) is 0 Å². The summed E-state index contributed by atoms with van der Waals surface area (Å²) in [6, 6.07) is 6.50. The van der Waals surface area contributed by atoms with Gasteiger partial charge in [0.05, 0.1) is 31.1 Å². The summed E-state index contributed by atoms with van der Waals surface area (Å²) in [4.78, 5) is 24.2. The molecule has 1 aliphatic heterocycles. The van der Waals surface area contributed by atoms with Gasteiger partial charge >= 0.3 is 0 Å². The third-order valence-corrected chi connectivity index (χ3v) is 3.49. The highest BCUT2D eigenvalue weighted by molar-refractivity contribution is 6.08. The van der Waals surface area contributed by atoms with Crippen molar-refractivity contribution in [1.29, 1.82) is 5.26 Å². The van der Waals surface area contributed by atoms with Crippen LogP contribution >= 0.6 is 0 Å². The van der Waals surface area contributed by atoms with Crippen molar-refractivity contribution >= 4 is 17.5 Å². The van der Waals surface area contributed by atoms with Gasteiger partial charge in [-0.25, -0.2) is 0 Å². The Kier molecular flexibility index (Phi) is 3.68. The summed E-state index contributed by atoms with van der Waals surface area (Å²) >= 11 is 0. The number of nitrogens with zero attached hydrogens (tertiary/aromatic N) is 3. The SMILES string of the molecule is COc1ccc(C(=O)Nc2cnn3c2C(=O)NCC3)cc1C#N. The number of aromatic nitrogens is 2. The number of fused-ring (bicyclic) bond motifs is 1. The van der Waals surface area contributed by atoms with E-state index in [1.807, 2.05) is 6.07 Å². The molecular weight excluding hydrogens is 298 g/mol. The highest BCUT2D eigenvalue weighted by atomic mass is 16.5. The molecule has 8 heteroatoms. The summed E-state index contributed by atoms with van der Waals surface area (Å²) in [5.74, 6) is -0.318. The van der Waals surface area contributed by atoms with Gasteiger partial charge in [-0.1, -0.05) is 0 Å². The van der Waals surface area contributed by atoms with Crippen molar-refractivity contribution in [2.45, 2.75) is 6.54 Å². The molecule has 2 aromatic rings. The molecule has 0 atom stereocenters. The number of ether oxygens (including phenoxy) is 1. The van der Waals surface area contributed by atoms with Gasteiger partial charge in [0.25, 0.3) is 11.8 Å². The molecule has 0 bridgehead atoms. The first kappa shape index (κ1) is 14.6. The standard InChI is InChI=1S/C15H13N5O3/c1-23-12-3-2-9(6-10(12)7-16)14(21)19-11-8-18-20-5-4-17-15(22)13(11)20/h2-3,6,8H,4-5H2,1H3,(H,17,22)(H,19,21). The summed E-state index contributed by atoms with van der Waals surface area (Å²) in [7, 11) is 1.45. The molecule has 0 radical (unpaired) electrons. The Morgan fingerprint density at radius 1 is 1.52 bits per heavy atom. The molecule has 0 fully saturated rings. The minimum Gasteiger partial charge on any atom is -0.495 e. The number of carbonyl (C=O) groups is 2. The molecule has 3 rings (SSSR count). The molecule has 0 aliphatic carbocycles. The molecule has 2 heterocycles. The van der Waals surface area contributed by atoms with E-state index in [0.717, 1.165) is 0 Å². The summed E-state index contributed by atoms with van der Waals surface area (Å²) in [6.07, 6.45) is 1.44. The molecule has 1 aromatic carbocycles. The van der Waals surface area contributed by atoms with Crippen LogP contribution in [-0.2, 0) is 6.54 Å². The van der Waals surface area contributed by atoms with Crippen LogP contribution in [0.2, 0.25) is 0 Å². The largest absolute Gasteiger partial charge is 0.495 e. The van der Waals surface area contributed by atoms with Gasteiger partial charge in [-0.3, -0.25) is 14.3 Å². The normalized spacial score (nSPS) is 12.8. The van der Waals surface area contributed by atoms with Gasteiger partial charge in [0.15, 0.2) is 0 Å². The van der Waals surface area contributed by atoms with Crippen molar-refractivity contribution < 1.29 is 14.3 Å². The van der Waals surface area contributed by atoms with Gasteiger partial charge in [-0.15, -0.1) is 0 Å². The van der Waals surface area contributed by atoms with Crippen LogP contribution in [0.1, 0.15) is 26.4 Å². The third kappa shape index (κ3) is 2.60. The number of anilines is 1. The van der Waals surface area contributed by atoms with Gasteiger partial charge in [-0.2, -0.15) is 10.4 Å². The molecule has 8 nitrogen and oxygen atoms in total. The molecular formula is C15H13N5O3. The lowest BCUT2D eigenvalue weighted by Crippen LogP contribution is -2.36. The molecule has 1 aromatic heterocycles. The Bertz CT molecular complexity index is 834. The molecule has 116 valence electrons. The maximum Gasteiger partial charge on any atom is 0.271 e. The summed E-state index contributed by atoms with van der Waals surface area (Å²) in [5, 5.41) is 18.5. The molecule has 0 saturated heterocycles. The van der Waals surface area contributed by atoms with Gasteiger partial charge in [-0.05, 0) is 18.2 Å². The third-order valence-electron chi connectivity index (χ3n) is 3.49. The monoisotopic (exact) mass is 311 g/mol. The second kappa shape index (κ2) is 5.81. The molecule has 0 unspecified atom stereocenters. The molecule has 0 saturated carbocycles. The zero-order valence-electron chi connectivity index (χ0n) is 12.3. The second-order valence-corrected chi connectivity index (χ2v) is 4.87.